The molecule has 2 aromatic rings. The van der Waals surface area contributed by atoms with E-state index in [1.807, 2.05) is 7.05 Å². The average Bonchev–Trinajstić information content (AvgIpc) is 2.54. The van der Waals surface area contributed by atoms with E-state index in [0.717, 1.165) is 12.8 Å². The third kappa shape index (κ3) is 2.64. The minimum Gasteiger partial charge on any atom is -0.337 e. The molecular weight excluding hydrogens is 286 g/mol. The number of pyridine rings is 1. The summed E-state index contributed by atoms with van der Waals surface area (Å²) in [6.07, 6.45) is 3.37. The third-order valence-electron chi connectivity index (χ3n) is 3.96. The quantitative estimate of drug-likeness (QED) is 0.688. The topological polar surface area (TPSA) is 111 Å². The van der Waals surface area contributed by atoms with E-state index in [0.29, 0.717) is 18.7 Å². The van der Waals surface area contributed by atoms with Crippen LogP contribution in [0.2, 0.25) is 0 Å². The van der Waals surface area contributed by atoms with Crippen molar-refractivity contribution in [1.82, 2.24) is 25.2 Å². The zero-order valence-corrected chi connectivity index (χ0v) is 12.2. The van der Waals surface area contributed by atoms with E-state index in [9.17, 15) is 14.4 Å². The van der Waals surface area contributed by atoms with Crippen molar-refractivity contribution in [3.05, 3.63) is 38.7 Å². The van der Waals surface area contributed by atoms with Crippen LogP contribution < -0.4 is 16.6 Å². The first kappa shape index (κ1) is 14.5. The fraction of sp³-hybridized carbons (Fsp3) is 0.429. The van der Waals surface area contributed by atoms with Gasteiger partial charge in [0.05, 0.1) is 10.9 Å². The molecule has 3 N–H and O–H groups in total. The first-order valence-electron chi connectivity index (χ1n) is 7.17. The van der Waals surface area contributed by atoms with Crippen LogP contribution in [0.1, 0.15) is 23.2 Å². The Morgan fingerprint density at radius 2 is 2.23 bits per heavy atom. The van der Waals surface area contributed by atoms with Crippen LogP contribution in [0.25, 0.3) is 11.0 Å². The number of carbonyl (C=O) groups excluding carboxylic acids is 1. The fourth-order valence-corrected chi connectivity index (χ4v) is 2.74. The summed E-state index contributed by atoms with van der Waals surface area (Å²) in [5.41, 5.74) is -0.636. The second kappa shape index (κ2) is 5.72. The Kier molecular flexibility index (Phi) is 3.76. The van der Waals surface area contributed by atoms with E-state index in [1.165, 1.54) is 12.3 Å². The Hall–Kier alpha value is -2.48. The van der Waals surface area contributed by atoms with Crippen molar-refractivity contribution in [2.75, 3.05) is 20.1 Å². The predicted octanol–water partition coefficient (Wildman–Crippen LogP) is -0.565. The Labute approximate surface area is 125 Å². The van der Waals surface area contributed by atoms with Crippen LogP contribution in [0.3, 0.4) is 0 Å². The van der Waals surface area contributed by atoms with E-state index >= 15 is 0 Å². The molecule has 1 atom stereocenters. The number of fused-ring (bicyclic) bond motifs is 1. The summed E-state index contributed by atoms with van der Waals surface area (Å²) in [5, 5.41) is 3.38. The van der Waals surface area contributed by atoms with Gasteiger partial charge in [-0.25, -0.2) is 9.78 Å². The molecule has 0 spiro atoms. The third-order valence-corrected chi connectivity index (χ3v) is 3.96. The summed E-state index contributed by atoms with van der Waals surface area (Å²) in [4.78, 5) is 45.9. The molecule has 22 heavy (non-hydrogen) atoms. The number of H-pyrrole nitrogens is 2. The molecule has 0 bridgehead atoms. The van der Waals surface area contributed by atoms with Crippen LogP contribution in [0.15, 0.2) is 21.9 Å². The molecule has 1 saturated heterocycles. The number of hydrogen-bond acceptors (Lipinski definition) is 5. The van der Waals surface area contributed by atoms with Gasteiger partial charge in [0.15, 0.2) is 0 Å². The molecule has 0 aromatic carbocycles. The molecule has 1 aliphatic rings. The van der Waals surface area contributed by atoms with Gasteiger partial charge < -0.3 is 10.2 Å². The first-order chi connectivity index (χ1) is 10.6. The summed E-state index contributed by atoms with van der Waals surface area (Å²) in [6, 6.07) is 1.76. The van der Waals surface area contributed by atoms with Gasteiger partial charge in [0.2, 0.25) is 0 Å². The smallest absolute Gasteiger partial charge is 0.327 e. The van der Waals surface area contributed by atoms with Gasteiger partial charge in [-0.2, -0.15) is 0 Å². The maximum Gasteiger partial charge on any atom is 0.327 e. The lowest BCUT2D eigenvalue weighted by Gasteiger charge is -2.32. The highest BCUT2D eigenvalue weighted by Crippen LogP contribution is 2.14. The number of aromatic nitrogens is 3. The van der Waals surface area contributed by atoms with Crippen molar-refractivity contribution < 1.29 is 4.79 Å². The molecule has 8 nitrogen and oxygen atoms in total. The van der Waals surface area contributed by atoms with E-state index < -0.39 is 11.2 Å². The Morgan fingerprint density at radius 3 is 3.00 bits per heavy atom. The van der Waals surface area contributed by atoms with Gasteiger partial charge in [-0.3, -0.25) is 19.6 Å². The highest BCUT2D eigenvalue weighted by Gasteiger charge is 2.24. The van der Waals surface area contributed by atoms with Gasteiger partial charge in [-0.15, -0.1) is 0 Å². The lowest BCUT2D eigenvalue weighted by atomic mass is 10.0. The Balaban J connectivity index is 1.94. The zero-order valence-electron chi connectivity index (χ0n) is 12.2. The van der Waals surface area contributed by atoms with Crippen molar-refractivity contribution in [2.45, 2.75) is 18.9 Å². The van der Waals surface area contributed by atoms with Gasteiger partial charge in [-0.05, 0) is 26.0 Å². The first-order valence-corrected chi connectivity index (χ1v) is 7.17. The van der Waals surface area contributed by atoms with Crippen molar-refractivity contribution in [3.8, 4) is 0 Å². The summed E-state index contributed by atoms with van der Waals surface area (Å²) in [7, 11) is 1.88. The number of likely N-dealkylation sites (N-methyl/N-ethyl adjacent to an activating group) is 1. The van der Waals surface area contributed by atoms with E-state index in [4.69, 9.17) is 0 Å². The lowest BCUT2D eigenvalue weighted by Crippen LogP contribution is -2.47. The second-order valence-corrected chi connectivity index (χ2v) is 5.41. The number of nitrogens with one attached hydrogen (secondary N) is 3. The van der Waals surface area contributed by atoms with Gasteiger partial charge in [-0.1, -0.05) is 0 Å². The molecule has 1 fully saturated rings. The molecule has 1 aliphatic heterocycles. The molecule has 3 heterocycles. The monoisotopic (exact) mass is 303 g/mol. The van der Waals surface area contributed by atoms with Crippen molar-refractivity contribution in [1.29, 1.82) is 0 Å². The standard InChI is InChI=1S/C14H17N5O3/c1-15-9-3-2-4-19(7-9)13(21)8-5-10-11(16-6-8)17-14(22)18-12(10)20/h5-6,9,15H,2-4,7H2,1H3,(H2,16,17,18,20,22). The highest BCUT2D eigenvalue weighted by atomic mass is 16.2. The second-order valence-electron chi connectivity index (χ2n) is 5.41. The Morgan fingerprint density at radius 1 is 1.41 bits per heavy atom. The number of aromatic amines is 2. The van der Waals surface area contributed by atoms with Crippen LogP contribution in [-0.4, -0.2) is 51.9 Å². The van der Waals surface area contributed by atoms with Gasteiger partial charge in [0, 0.05) is 25.3 Å². The largest absolute Gasteiger partial charge is 0.337 e. The van der Waals surface area contributed by atoms with Crippen LogP contribution in [0.4, 0.5) is 0 Å². The molecule has 1 unspecified atom stereocenters. The molecule has 0 aliphatic carbocycles. The van der Waals surface area contributed by atoms with Gasteiger partial charge in [0.25, 0.3) is 11.5 Å². The minimum absolute atomic E-state index is 0.153. The summed E-state index contributed by atoms with van der Waals surface area (Å²) >= 11 is 0. The number of likely N-dealkylation sites (tertiary alicyclic amines) is 1. The van der Waals surface area contributed by atoms with Crippen LogP contribution >= 0.6 is 0 Å². The van der Waals surface area contributed by atoms with Crippen LogP contribution in [-0.2, 0) is 0 Å². The van der Waals surface area contributed by atoms with Gasteiger partial charge in [0.1, 0.15) is 5.65 Å². The predicted molar refractivity (Wildman–Crippen MR) is 81.0 cm³/mol. The molecule has 0 radical (unpaired) electrons. The summed E-state index contributed by atoms with van der Waals surface area (Å²) in [6.45, 7) is 1.33. The zero-order chi connectivity index (χ0) is 15.7. The number of carbonyl (C=O) groups is 1. The average molecular weight is 303 g/mol. The number of nitrogens with zero attached hydrogens (tertiary/aromatic N) is 2. The normalized spacial score (nSPS) is 18.6. The molecule has 2 aromatic heterocycles. The number of rotatable bonds is 2. The van der Waals surface area contributed by atoms with E-state index in [2.05, 4.69) is 20.3 Å². The van der Waals surface area contributed by atoms with Crippen molar-refractivity contribution in [2.24, 2.45) is 0 Å². The molecule has 3 rings (SSSR count). The van der Waals surface area contributed by atoms with Crippen LogP contribution in [0, 0.1) is 0 Å². The van der Waals surface area contributed by atoms with Crippen LogP contribution in [0.5, 0.6) is 0 Å². The number of hydrogen-bond donors (Lipinski definition) is 3. The Bertz CT molecular complexity index is 825. The SMILES string of the molecule is CNC1CCCN(C(=O)c2cnc3[nH]c(=O)[nH]c(=O)c3c2)C1. The minimum atomic E-state index is -0.614. The van der Waals surface area contributed by atoms with Gasteiger partial charge >= 0.3 is 5.69 Å². The molecule has 8 heteroatoms. The molecule has 1 amide bonds. The summed E-state index contributed by atoms with van der Waals surface area (Å²) in [5.74, 6) is -0.153. The molecule has 0 saturated carbocycles. The summed E-state index contributed by atoms with van der Waals surface area (Å²) < 4.78 is 0. The maximum absolute atomic E-state index is 12.6. The number of amides is 1. The van der Waals surface area contributed by atoms with Crippen molar-refractivity contribution in [3.63, 3.8) is 0 Å². The molecular formula is C14H17N5O3. The fourth-order valence-electron chi connectivity index (χ4n) is 2.74. The van der Waals surface area contributed by atoms with E-state index in [-0.39, 0.29) is 23.0 Å². The number of piperidine rings is 1. The van der Waals surface area contributed by atoms with E-state index in [1.54, 1.807) is 4.90 Å². The lowest BCUT2D eigenvalue weighted by molar-refractivity contribution is 0.0698. The molecule has 116 valence electrons. The van der Waals surface area contributed by atoms with Crippen molar-refractivity contribution >= 4 is 16.9 Å². The highest BCUT2D eigenvalue weighted by molar-refractivity contribution is 5.96. The maximum atomic E-state index is 12.6.